The maximum atomic E-state index is 12.4. The molecule has 0 fully saturated rings. The second-order valence-corrected chi connectivity index (χ2v) is 7.68. The first kappa shape index (κ1) is 19.5. The van der Waals surface area contributed by atoms with Crippen molar-refractivity contribution in [3.05, 3.63) is 54.4 Å². The zero-order valence-electron chi connectivity index (χ0n) is 15.4. The molecule has 3 rings (SSSR count). The maximum Gasteiger partial charge on any atom is 0.255 e. The van der Waals surface area contributed by atoms with E-state index in [-0.39, 0.29) is 23.6 Å². The minimum Gasteiger partial charge on any atom is -0.493 e. The van der Waals surface area contributed by atoms with Crippen molar-refractivity contribution in [2.24, 2.45) is 0 Å². The monoisotopic (exact) mass is 404 g/mol. The van der Waals surface area contributed by atoms with E-state index in [1.54, 1.807) is 53.3 Å². The number of hydrogen-bond donors (Lipinski definition) is 2. The number of benzene rings is 1. The van der Waals surface area contributed by atoms with E-state index in [9.17, 15) is 13.2 Å². The first-order valence-electron chi connectivity index (χ1n) is 8.36. The molecule has 148 valence electrons. The number of ether oxygens (including phenoxy) is 2. The lowest BCUT2D eigenvalue weighted by atomic mass is 10.1. The van der Waals surface area contributed by atoms with Gasteiger partial charge in [0.15, 0.2) is 11.5 Å². The molecular weight excluding hydrogens is 384 g/mol. The van der Waals surface area contributed by atoms with Crippen molar-refractivity contribution < 1.29 is 22.7 Å². The molecule has 0 unspecified atom stereocenters. The molecule has 9 nitrogen and oxygen atoms in total. The van der Waals surface area contributed by atoms with Gasteiger partial charge in [-0.3, -0.25) is 9.52 Å². The number of nitrogens with one attached hydrogen (secondary N) is 2. The van der Waals surface area contributed by atoms with Gasteiger partial charge >= 0.3 is 0 Å². The van der Waals surface area contributed by atoms with Crippen molar-refractivity contribution in [1.82, 2.24) is 14.9 Å². The molecule has 0 bridgehead atoms. The van der Waals surface area contributed by atoms with Crippen LogP contribution in [0.4, 0.5) is 5.69 Å². The Labute approximate surface area is 162 Å². The summed E-state index contributed by atoms with van der Waals surface area (Å²) in [6, 6.07) is 9.94. The van der Waals surface area contributed by atoms with Gasteiger partial charge in [0, 0.05) is 18.9 Å². The van der Waals surface area contributed by atoms with E-state index in [1.807, 2.05) is 0 Å². The second kappa shape index (κ2) is 8.17. The summed E-state index contributed by atoms with van der Waals surface area (Å²) in [4.78, 5) is 12.4. The molecule has 1 aromatic carbocycles. The van der Waals surface area contributed by atoms with Gasteiger partial charge in [0.1, 0.15) is 0 Å². The van der Waals surface area contributed by atoms with Gasteiger partial charge in [-0.25, -0.2) is 12.9 Å². The van der Waals surface area contributed by atoms with Crippen LogP contribution in [0.5, 0.6) is 11.5 Å². The summed E-state index contributed by atoms with van der Waals surface area (Å²) in [5.41, 5.74) is 1.45. The highest BCUT2D eigenvalue weighted by atomic mass is 32.2. The number of amides is 1. The first-order chi connectivity index (χ1) is 13.4. The van der Waals surface area contributed by atoms with Crippen LogP contribution in [0.15, 0.2) is 48.8 Å². The largest absolute Gasteiger partial charge is 0.493 e. The third-order valence-electron chi connectivity index (χ3n) is 3.98. The van der Waals surface area contributed by atoms with Gasteiger partial charge in [0.25, 0.3) is 5.91 Å². The van der Waals surface area contributed by atoms with Crippen LogP contribution < -0.4 is 19.5 Å². The Hall–Kier alpha value is -3.27. The highest BCUT2D eigenvalue weighted by Crippen LogP contribution is 2.30. The fraction of sp³-hybridized carbons (Fsp3) is 0.222. The van der Waals surface area contributed by atoms with Gasteiger partial charge in [-0.1, -0.05) is 6.07 Å². The van der Waals surface area contributed by atoms with Crippen LogP contribution in [0.3, 0.4) is 0 Å². The van der Waals surface area contributed by atoms with Crippen LogP contribution >= 0.6 is 0 Å². The zero-order chi connectivity index (χ0) is 20.1. The Morgan fingerprint density at radius 2 is 2.00 bits per heavy atom. The summed E-state index contributed by atoms with van der Waals surface area (Å²) in [5, 5.41) is 6.64. The number of anilines is 1. The lowest BCUT2D eigenvalue weighted by molar-refractivity contribution is 0.0952. The van der Waals surface area contributed by atoms with Crippen LogP contribution in [0.25, 0.3) is 5.52 Å². The number of rotatable bonds is 8. The van der Waals surface area contributed by atoms with E-state index >= 15 is 0 Å². The number of sulfonamides is 1. The van der Waals surface area contributed by atoms with Crippen LogP contribution in [0.2, 0.25) is 0 Å². The van der Waals surface area contributed by atoms with E-state index in [4.69, 9.17) is 9.47 Å². The predicted octanol–water partition coefficient (Wildman–Crippen LogP) is 1.52. The van der Waals surface area contributed by atoms with Gasteiger partial charge in [-0.05, 0) is 30.3 Å². The number of hydrogen-bond acceptors (Lipinski definition) is 6. The molecule has 28 heavy (non-hydrogen) atoms. The average Bonchev–Trinajstić information content (AvgIpc) is 3.14. The topological polar surface area (TPSA) is 111 Å². The van der Waals surface area contributed by atoms with Gasteiger partial charge in [-0.15, -0.1) is 0 Å². The average molecular weight is 404 g/mol. The molecule has 0 spiro atoms. The molecule has 2 heterocycles. The minimum atomic E-state index is -3.64. The van der Waals surface area contributed by atoms with Gasteiger partial charge < -0.3 is 14.8 Å². The molecule has 0 aliphatic carbocycles. The van der Waals surface area contributed by atoms with E-state index in [2.05, 4.69) is 15.1 Å². The fourth-order valence-corrected chi connectivity index (χ4v) is 3.63. The van der Waals surface area contributed by atoms with Crippen molar-refractivity contribution in [3.63, 3.8) is 0 Å². The van der Waals surface area contributed by atoms with Crippen molar-refractivity contribution in [2.75, 3.05) is 31.2 Å². The number of fused-ring (bicyclic) bond motifs is 1. The molecule has 2 aromatic heterocycles. The van der Waals surface area contributed by atoms with Crippen LogP contribution in [-0.2, 0) is 10.0 Å². The molecular formula is C18H20N4O5S. The number of nitrogens with zero attached hydrogens (tertiary/aromatic N) is 2. The molecule has 0 radical (unpaired) electrons. The molecule has 0 saturated heterocycles. The normalized spacial score (nSPS) is 11.2. The van der Waals surface area contributed by atoms with Crippen LogP contribution in [0.1, 0.15) is 10.4 Å². The molecule has 3 aromatic rings. The second-order valence-electron chi connectivity index (χ2n) is 5.83. The maximum absolute atomic E-state index is 12.4. The van der Waals surface area contributed by atoms with Crippen molar-refractivity contribution >= 4 is 27.1 Å². The van der Waals surface area contributed by atoms with E-state index in [1.165, 1.54) is 14.2 Å². The number of carbonyl (C=O) groups excluding carboxylic acids is 1. The van der Waals surface area contributed by atoms with E-state index in [0.717, 1.165) is 5.52 Å². The minimum absolute atomic E-state index is 0.0660. The number of carbonyl (C=O) groups is 1. The Morgan fingerprint density at radius 1 is 1.18 bits per heavy atom. The van der Waals surface area contributed by atoms with Gasteiger partial charge in [-0.2, -0.15) is 5.10 Å². The molecule has 0 aliphatic heterocycles. The summed E-state index contributed by atoms with van der Waals surface area (Å²) in [6.45, 7) is -0.0660. The SMILES string of the molecule is COc1cccc(C(=O)NCCS(=O)(=O)Nc2ccn3nccc3c2)c1OC. The number of methoxy groups -OCH3 is 2. The molecule has 0 atom stereocenters. The number of para-hydroxylation sites is 1. The van der Waals surface area contributed by atoms with Crippen molar-refractivity contribution in [1.29, 1.82) is 0 Å². The third kappa shape index (κ3) is 4.34. The lowest BCUT2D eigenvalue weighted by Gasteiger charge is -2.13. The summed E-state index contributed by atoms with van der Waals surface area (Å²) in [7, 11) is -0.741. The third-order valence-corrected chi connectivity index (χ3v) is 5.27. The standard InChI is InChI=1S/C18H20N4O5S/c1-26-16-5-3-4-15(17(16)27-2)18(23)19-9-11-28(24,25)21-13-7-10-22-14(12-13)6-8-20-22/h3-8,10,12,21H,9,11H2,1-2H3,(H,19,23). The molecule has 0 aliphatic rings. The summed E-state index contributed by atoms with van der Waals surface area (Å²) in [5.74, 6) is -0.0286. The van der Waals surface area contributed by atoms with Crippen molar-refractivity contribution in [2.45, 2.75) is 0 Å². The van der Waals surface area contributed by atoms with Gasteiger partial charge in [0.2, 0.25) is 10.0 Å². The summed E-state index contributed by atoms with van der Waals surface area (Å²) < 4.78 is 39.1. The quantitative estimate of drug-likeness (QED) is 0.589. The van der Waals surface area contributed by atoms with E-state index < -0.39 is 15.9 Å². The Morgan fingerprint density at radius 3 is 2.75 bits per heavy atom. The molecule has 0 saturated carbocycles. The number of aromatic nitrogens is 2. The fourth-order valence-electron chi connectivity index (χ4n) is 2.68. The summed E-state index contributed by atoms with van der Waals surface area (Å²) in [6.07, 6.45) is 3.28. The number of pyridine rings is 1. The van der Waals surface area contributed by atoms with Crippen molar-refractivity contribution in [3.8, 4) is 11.5 Å². The first-order valence-corrected chi connectivity index (χ1v) is 10.0. The summed E-state index contributed by atoms with van der Waals surface area (Å²) >= 11 is 0. The Kier molecular flexibility index (Phi) is 5.69. The molecule has 10 heteroatoms. The molecule has 1 amide bonds. The smallest absolute Gasteiger partial charge is 0.255 e. The van der Waals surface area contributed by atoms with E-state index in [0.29, 0.717) is 11.4 Å². The Bertz CT molecular complexity index is 1090. The van der Waals surface area contributed by atoms with Crippen LogP contribution in [-0.4, -0.2) is 50.5 Å². The highest BCUT2D eigenvalue weighted by molar-refractivity contribution is 7.92. The van der Waals surface area contributed by atoms with Gasteiger partial charge in [0.05, 0.1) is 36.7 Å². The molecule has 2 N–H and O–H groups in total. The highest BCUT2D eigenvalue weighted by Gasteiger charge is 2.17. The zero-order valence-corrected chi connectivity index (χ0v) is 16.2. The Balaban J connectivity index is 1.61. The lowest BCUT2D eigenvalue weighted by Crippen LogP contribution is -2.31. The predicted molar refractivity (Wildman–Crippen MR) is 104 cm³/mol. The van der Waals surface area contributed by atoms with Crippen LogP contribution in [0, 0.1) is 0 Å².